The van der Waals surface area contributed by atoms with Gasteiger partial charge < -0.3 is 25.7 Å². The van der Waals surface area contributed by atoms with Gasteiger partial charge in [0.15, 0.2) is 11.5 Å². The lowest BCUT2D eigenvalue weighted by Gasteiger charge is -2.18. The summed E-state index contributed by atoms with van der Waals surface area (Å²) in [5.41, 5.74) is 11.8. The van der Waals surface area contributed by atoms with E-state index in [1.54, 1.807) is 19.1 Å². The molecule has 22 heavy (non-hydrogen) atoms. The van der Waals surface area contributed by atoms with Gasteiger partial charge in [0.2, 0.25) is 5.75 Å². The van der Waals surface area contributed by atoms with Crippen molar-refractivity contribution in [1.29, 1.82) is 0 Å². The van der Waals surface area contributed by atoms with Gasteiger partial charge in [-0.25, -0.2) is 0 Å². The molecule has 1 aromatic carbocycles. The summed E-state index contributed by atoms with van der Waals surface area (Å²) in [6.07, 6.45) is 1.17. The summed E-state index contributed by atoms with van der Waals surface area (Å²) in [6.45, 7) is 5.62. The highest BCUT2D eigenvalue weighted by Crippen LogP contribution is 2.39. The number of hydrogen-bond acceptors (Lipinski definition) is 6. The van der Waals surface area contributed by atoms with Crippen LogP contribution in [0.4, 0.5) is 0 Å². The Morgan fingerprint density at radius 3 is 1.95 bits per heavy atom. The minimum atomic E-state index is 0.0665. The predicted molar refractivity (Wildman–Crippen MR) is 85.7 cm³/mol. The van der Waals surface area contributed by atoms with E-state index in [4.69, 9.17) is 25.7 Å². The summed E-state index contributed by atoms with van der Waals surface area (Å²) in [6, 6.07) is 3.61. The van der Waals surface area contributed by atoms with Crippen molar-refractivity contribution < 1.29 is 19.0 Å². The molecule has 0 fully saturated rings. The van der Waals surface area contributed by atoms with E-state index in [1.807, 2.05) is 6.92 Å². The predicted octanol–water partition coefficient (Wildman–Crippen LogP) is 1.28. The quantitative estimate of drug-likeness (QED) is 0.639. The maximum absolute atomic E-state index is 11.4. The smallest absolute Gasteiger partial charge is 0.203 e. The van der Waals surface area contributed by atoms with Crippen LogP contribution in [0.5, 0.6) is 17.2 Å². The number of carbonyl (C=O) groups excluding carboxylic acids is 1. The van der Waals surface area contributed by atoms with Gasteiger partial charge >= 0.3 is 0 Å². The zero-order chi connectivity index (χ0) is 16.4. The molecule has 0 amide bonds. The SMILES string of the molecule is CCCOc1c(OCCN)cc(CC(C)=O)cc1OCCN. The molecule has 0 aliphatic carbocycles. The van der Waals surface area contributed by atoms with Crippen molar-refractivity contribution in [3.05, 3.63) is 17.7 Å². The lowest BCUT2D eigenvalue weighted by molar-refractivity contribution is -0.116. The van der Waals surface area contributed by atoms with Crippen LogP contribution in [0, 0.1) is 0 Å². The maximum Gasteiger partial charge on any atom is 0.203 e. The van der Waals surface area contributed by atoms with Crippen molar-refractivity contribution in [2.24, 2.45) is 11.5 Å². The Bertz CT molecular complexity index is 448. The summed E-state index contributed by atoms with van der Waals surface area (Å²) in [5.74, 6) is 1.70. The molecule has 0 atom stereocenters. The molecule has 124 valence electrons. The number of carbonyl (C=O) groups is 1. The maximum atomic E-state index is 11.4. The van der Waals surface area contributed by atoms with Gasteiger partial charge in [-0.1, -0.05) is 6.92 Å². The topological polar surface area (TPSA) is 96.8 Å². The summed E-state index contributed by atoms with van der Waals surface area (Å²) in [7, 11) is 0. The molecule has 1 rings (SSSR count). The molecular formula is C16H26N2O4. The van der Waals surface area contributed by atoms with Crippen LogP contribution in [0.3, 0.4) is 0 Å². The zero-order valence-corrected chi connectivity index (χ0v) is 13.4. The number of ether oxygens (including phenoxy) is 3. The van der Waals surface area contributed by atoms with E-state index < -0.39 is 0 Å². The first-order valence-electron chi connectivity index (χ1n) is 7.57. The van der Waals surface area contributed by atoms with Crippen molar-refractivity contribution in [2.75, 3.05) is 32.9 Å². The Balaban J connectivity index is 3.15. The van der Waals surface area contributed by atoms with Gasteiger partial charge in [-0.05, 0) is 31.0 Å². The molecule has 6 nitrogen and oxygen atoms in total. The van der Waals surface area contributed by atoms with E-state index in [2.05, 4.69) is 0 Å². The fourth-order valence-electron chi connectivity index (χ4n) is 1.92. The Morgan fingerprint density at radius 2 is 1.55 bits per heavy atom. The summed E-state index contributed by atoms with van der Waals surface area (Å²) >= 11 is 0. The van der Waals surface area contributed by atoms with E-state index in [9.17, 15) is 4.79 Å². The lowest BCUT2D eigenvalue weighted by Crippen LogP contribution is -2.14. The third kappa shape index (κ3) is 5.91. The molecule has 0 saturated carbocycles. The average molecular weight is 310 g/mol. The number of rotatable bonds is 11. The van der Waals surface area contributed by atoms with Crippen LogP contribution in [0.1, 0.15) is 25.8 Å². The molecule has 0 spiro atoms. The molecule has 0 radical (unpaired) electrons. The molecule has 1 aromatic rings. The van der Waals surface area contributed by atoms with Gasteiger partial charge in [0.1, 0.15) is 19.0 Å². The molecule has 0 saturated heterocycles. The fourth-order valence-corrected chi connectivity index (χ4v) is 1.92. The van der Waals surface area contributed by atoms with Crippen LogP contribution in [-0.2, 0) is 11.2 Å². The first kappa shape index (κ1) is 18.3. The fraction of sp³-hybridized carbons (Fsp3) is 0.562. The van der Waals surface area contributed by atoms with E-state index in [-0.39, 0.29) is 5.78 Å². The lowest BCUT2D eigenvalue weighted by atomic mass is 10.1. The number of ketones is 1. The molecule has 0 heterocycles. The minimum Gasteiger partial charge on any atom is -0.488 e. The monoisotopic (exact) mass is 310 g/mol. The molecule has 6 heteroatoms. The molecule has 0 aromatic heterocycles. The standard InChI is InChI=1S/C16H26N2O4/c1-3-6-22-16-14(20-7-4-17)10-13(9-12(2)19)11-15(16)21-8-5-18/h10-11H,3-9,17-18H2,1-2H3. The third-order valence-electron chi connectivity index (χ3n) is 2.73. The normalized spacial score (nSPS) is 10.4. The Labute approximate surface area is 131 Å². The van der Waals surface area contributed by atoms with Crippen molar-refractivity contribution in [2.45, 2.75) is 26.7 Å². The van der Waals surface area contributed by atoms with Crippen LogP contribution < -0.4 is 25.7 Å². The van der Waals surface area contributed by atoms with E-state index in [0.29, 0.717) is 56.6 Å². The summed E-state index contributed by atoms with van der Waals surface area (Å²) in [5, 5.41) is 0. The van der Waals surface area contributed by atoms with Gasteiger partial charge in [0.05, 0.1) is 6.61 Å². The van der Waals surface area contributed by atoms with Crippen LogP contribution >= 0.6 is 0 Å². The Hall–Kier alpha value is -1.79. The van der Waals surface area contributed by atoms with Crippen LogP contribution in [0.25, 0.3) is 0 Å². The average Bonchev–Trinajstić information content (AvgIpc) is 2.48. The van der Waals surface area contributed by atoms with E-state index in [1.165, 1.54) is 0 Å². The van der Waals surface area contributed by atoms with Gasteiger partial charge in [-0.15, -0.1) is 0 Å². The van der Waals surface area contributed by atoms with E-state index in [0.717, 1.165) is 12.0 Å². The molecule has 0 aliphatic rings. The van der Waals surface area contributed by atoms with E-state index >= 15 is 0 Å². The van der Waals surface area contributed by atoms with Crippen LogP contribution in [-0.4, -0.2) is 38.7 Å². The summed E-state index contributed by atoms with van der Waals surface area (Å²) < 4.78 is 17.1. The zero-order valence-electron chi connectivity index (χ0n) is 13.4. The van der Waals surface area contributed by atoms with Gasteiger partial charge in [0, 0.05) is 19.5 Å². The van der Waals surface area contributed by atoms with Gasteiger partial charge in [0.25, 0.3) is 0 Å². The second kappa shape index (κ2) is 10.0. The van der Waals surface area contributed by atoms with Crippen molar-refractivity contribution in [3.63, 3.8) is 0 Å². The Kier molecular flexibility index (Phi) is 8.32. The second-order valence-corrected chi connectivity index (χ2v) is 4.92. The highest BCUT2D eigenvalue weighted by Gasteiger charge is 2.16. The third-order valence-corrected chi connectivity index (χ3v) is 2.73. The molecule has 0 bridgehead atoms. The van der Waals surface area contributed by atoms with Crippen molar-refractivity contribution >= 4 is 5.78 Å². The van der Waals surface area contributed by atoms with Crippen molar-refractivity contribution in [1.82, 2.24) is 0 Å². The number of nitrogens with two attached hydrogens (primary N) is 2. The van der Waals surface area contributed by atoms with Crippen LogP contribution in [0.15, 0.2) is 12.1 Å². The molecule has 0 unspecified atom stereocenters. The number of benzene rings is 1. The first-order valence-corrected chi connectivity index (χ1v) is 7.57. The largest absolute Gasteiger partial charge is 0.488 e. The number of hydrogen-bond donors (Lipinski definition) is 2. The minimum absolute atomic E-state index is 0.0665. The highest BCUT2D eigenvalue weighted by molar-refractivity contribution is 5.78. The second-order valence-electron chi connectivity index (χ2n) is 4.92. The van der Waals surface area contributed by atoms with Crippen LogP contribution in [0.2, 0.25) is 0 Å². The summed E-state index contributed by atoms with van der Waals surface area (Å²) in [4.78, 5) is 11.4. The molecule has 4 N–H and O–H groups in total. The van der Waals surface area contributed by atoms with Gasteiger partial charge in [-0.3, -0.25) is 4.79 Å². The highest BCUT2D eigenvalue weighted by atomic mass is 16.5. The first-order chi connectivity index (χ1) is 10.6. The molecular weight excluding hydrogens is 284 g/mol. The van der Waals surface area contributed by atoms with Gasteiger partial charge in [-0.2, -0.15) is 0 Å². The Morgan fingerprint density at radius 1 is 1.00 bits per heavy atom. The molecule has 0 aliphatic heterocycles. The number of Topliss-reactive ketones (excluding diaryl/α,β-unsaturated/α-hetero) is 1. The van der Waals surface area contributed by atoms with Crippen molar-refractivity contribution in [3.8, 4) is 17.2 Å².